The van der Waals surface area contributed by atoms with E-state index in [4.69, 9.17) is 14.2 Å². The molecule has 0 spiro atoms. The first-order valence-electron chi connectivity index (χ1n) is 11.3. The van der Waals surface area contributed by atoms with E-state index in [1.165, 1.54) is 19.4 Å². The molecule has 1 heterocycles. The lowest BCUT2D eigenvalue weighted by Gasteiger charge is -2.21. The zero-order chi connectivity index (χ0) is 26.0. The molecule has 2 aromatic carbocycles. The van der Waals surface area contributed by atoms with Gasteiger partial charge in [0.2, 0.25) is 10.0 Å². The van der Waals surface area contributed by atoms with E-state index in [0.717, 1.165) is 30.0 Å². The fourth-order valence-electron chi connectivity index (χ4n) is 3.39. The number of benzene rings is 2. The lowest BCUT2D eigenvalue weighted by atomic mass is 10.2. The number of amides is 2. The Hall–Kier alpha value is -3.64. The highest BCUT2D eigenvalue weighted by molar-refractivity contribution is 7.92. The van der Waals surface area contributed by atoms with Crippen molar-refractivity contribution >= 4 is 33.7 Å². The Labute approximate surface area is 210 Å². The molecule has 0 saturated carbocycles. The molecule has 0 radical (unpaired) electrons. The Morgan fingerprint density at radius 2 is 1.94 bits per heavy atom. The van der Waals surface area contributed by atoms with Crippen molar-refractivity contribution in [1.82, 2.24) is 10.7 Å². The summed E-state index contributed by atoms with van der Waals surface area (Å²) in [5.74, 6) is 0.126. The molecule has 11 nitrogen and oxygen atoms in total. The number of anilines is 1. The van der Waals surface area contributed by atoms with Gasteiger partial charge < -0.3 is 19.5 Å². The second-order valence-electron chi connectivity index (χ2n) is 8.06. The van der Waals surface area contributed by atoms with E-state index in [1.54, 1.807) is 42.5 Å². The lowest BCUT2D eigenvalue weighted by molar-refractivity contribution is -0.123. The third-order valence-corrected chi connectivity index (χ3v) is 6.37. The van der Waals surface area contributed by atoms with Crippen LogP contribution in [0.1, 0.15) is 18.4 Å². The number of sulfonamides is 1. The molecule has 12 heteroatoms. The number of carbonyl (C=O) groups excluding carboxylic acids is 2. The minimum absolute atomic E-state index is 0.0734. The molecule has 2 amide bonds. The Morgan fingerprint density at radius 1 is 1.17 bits per heavy atom. The average Bonchev–Trinajstić information content (AvgIpc) is 3.39. The number of hydrazone groups is 1. The van der Waals surface area contributed by atoms with Crippen LogP contribution in [-0.2, 0) is 24.3 Å². The molecule has 1 saturated heterocycles. The van der Waals surface area contributed by atoms with Crippen LogP contribution in [0.5, 0.6) is 11.5 Å². The molecule has 0 aliphatic carbocycles. The zero-order valence-electron chi connectivity index (χ0n) is 20.2. The minimum Gasteiger partial charge on any atom is -0.497 e. The summed E-state index contributed by atoms with van der Waals surface area (Å²) in [6.45, 7) is 0.648. The highest BCUT2D eigenvalue weighted by Crippen LogP contribution is 2.22. The molecule has 1 atom stereocenters. The van der Waals surface area contributed by atoms with Gasteiger partial charge in [0.05, 0.1) is 31.4 Å². The van der Waals surface area contributed by atoms with Crippen LogP contribution in [0.2, 0.25) is 0 Å². The normalized spacial score (nSPS) is 15.4. The van der Waals surface area contributed by atoms with Gasteiger partial charge in [-0.2, -0.15) is 5.10 Å². The first-order chi connectivity index (χ1) is 17.2. The van der Waals surface area contributed by atoms with Crippen molar-refractivity contribution in [3.05, 3.63) is 54.1 Å². The summed E-state index contributed by atoms with van der Waals surface area (Å²) in [6.07, 6.45) is 4.46. The van der Waals surface area contributed by atoms with Gasteiger partial charge in [0.15, 0.2) is 6.61 Å². The maximum absolute atomic E-state index is 12.3. The van der Waals surface area contributed by atoms with Gasteiger partial charge in [-0.05, 0) is 54.8 Å². The van der Waals surface area contributed by atoms with Crippen LogP contribution >= 0.6 is 0 Å². The predicted octanol–water partition coefficient (Wildman–Crippen LogP) is 1.29. The molecule has 0 aromatic heterocycles. The average molecular weight is 519 g/mol. The Kier molecular flexibility index (Phi) is 9.65. The van der Waals surface area contributed by atoms with Crippen molar-refractivity contribution in [1.29, 1.82) is 0 Å². The fraction of sp³-hybridized carbons (Fsp3) is 0.375. The molecular formula is C24H30N4O7S. The summed E-state index contributed by atoms with van der Waals surface area (Å²) in [7, 11) is -2.26. The highest BCUT2D eigenvalue weighted by Gasteiger charge is 2.21. The zero-order valence-corrected chi connectivity index (χ0v) is 21.0. The SMILES string of the molecule is COc1cccc(N(CC(=O)N/N=C\c2ccc(OCC(=O)NC[C@H]3CCCO3)cc2)S(C)(=O)=O)c1. The standard InChI is InChI=1S/C24H30N4O7S/c1-33-21-6-3-5-19(13-21)28(36(2,31)32)16-23(29)27-26-14-18-8-10-20(11-9-18)35-17-24(30)25-15-22-7-4-12-34-22/h3,5-6,8-11,13-14,22H,4,7,12,15-17H2,1-2H3,(H,25,30)(H,27,29)/b26-14-/t22-/m1/s1. The number of rotatable bonds is 12. The number of carbonyl (C=O) groups is 2. The van der Waals surface area contributed by atoms with Gasteiger partial charge in [0.25, 0.3) is 11.8 Å². The van der Waals surface area contributed by atoms with E-state index in [2.05, 4.69) is 15.8 Å². The molecule has 0 bridgehead atoms. The van der Waals surface area contributed by atoms with Crippen molar-refractivity contribution in [2.24, 2.45) is 5.10 Å². The Morgan fingerprint density at radius 3 is 2.61 bits per heavy atom. The minimum atomic E-state index is -3.72. The molecule has 1 fully saturated rings. The molecule has 1 aliphatic heterocycles. The number of ether oxygens (including phenoxy) is 3. The second-order valence-corrected chi connectivity index (χ2v) is 9.97. The van der Waals surface area contributed by atoms with Crippen LogP contribution in [0.25, 0.3) is 0 Å². The van der Waals surface area contributed by atoms with Crippen LogP contribution in [-0.4, -0.2) is 72.2 Å². The van der Waals surface area contributed by atoms with Crippen LogP contribution < -0.4 is 24.5 Å². The smallest absolute Gasteiger partial charge is 0.260 e. The molecule has 36 heavy (non-hydrogen) atoms. The maximum atomic E-state index is 12.3. The van der Waals surface area contributed by atoms with Crippen molar-refractivity contribution in [2.45, 2.75) is 18.9 Å². The lowest BCUT2D eigenvalue weighted by Crippen LogP contribution is -2.39. The monoisotopic (exact) mass is 518 g/mol. The maximum Gasteiger partial charge on any atom is 0.260 e. The summed E-state index contributed by atoms with van der Waals surface area (Å²) < 4.78 is 41.4. The number of hydrogen-bond donors (Lipinski definition) is 2. The van der Waals surface area contributed by atoms with Crippen LogP contribution in [0.3, 0.4) is 0 Å². The van der Waals surface area contributed by atoms with Gasteiger partial charge in [-0.1, -0.05) is 6.07 Å². The molecule has 2 N–H and O–H groups in total. The van der Waals surface area contributed by atoms with Crippen LogP contribution in [0.4, 0.5) is 5.69 Å². The second kappa shape index (κ2) is 12.9. The van der Waals surface area contributed by atoms with E-state index in [-0.39, 0.29) is 18.6 Å². The van der Waals surface area contributed by atoms with E-state index in [0.29, 0.717) is 29.3 Å². The summed E-state index contributed by atoms with van der Waals surface area (Å²) in [6, 6.07) is 13.1. The first kappa shape index (κ1) is 27.0. The topological polar surface area (TPSA) is 136 Å². The Bertz CT molecular complexity index is 1160. The van der Waals surface area contributed by atoms with E-state index in [1.807, 2.05) is 0 Å². The van der Waals surface area contributed by atoms with Crippen molar-refractivity contribution in [3.8, 4) is 11.5 Å². The van der Waals surface area contributed by atoms with Crippen molar-refractivity contribution in [3.63, 3.8) is 0 Å². The number of methoxy groups -OCH3 is 1. The van der Waals surface area contributed by atoms with Crippen LogP contribution in [0.15, 0.2) is 53.6 Å². The predicted molar refractivity (Wildman–Crippen MR) is 135 cm³/mol. The summed E-state index contributed by atoms with van der Waals surface area (Å²) in [5, 5.41) is 6.67. The quantitative estimate of drug-likeness (QED) is 0.319. The van der Waals surface area contributed by atoms with Gasteiger partial charge in [-0.15, -0.1) is 0 Å². The largest absolute Gasteiger partial charge is 0.497 e. The van der Waals surface area contributed by atoms with Crippen molar-refractivity contribution in [2.75, 3.05) is 44.0 Å². The van der Waals surface area contributed by atoms with E-state index < -0.39 is 22.5 Å². The molecule has 1 aliphatic rings. The molecule has 2 aromatic rings. The van der Waals surface area contributed by atoms with Gasteiger partial charge in [0.1, 0.15) is 18.0 Å². The van der Waals surface area contributed by atoms with E-state index in [9.17, 15) is 18.0 Å². The molecule has 3 rings (SSSR count). The summed E-state index contributed by atoms with van der Waals surface area (Å²) >= 11 is 0. The molecule has 194 valence electrons. The van der Waals surface area contributed by atoms with Gasteiger partial charge in [-0.3, -0.25) is 13.9 Å². The Balaban J connectivity index is 1.46. The van der Waals surface area contributed by atoms with Gasteiger partial charge >= 0.3 is 0 Å². The fourth-order valence-corrected chi connectivity index (χ4v) is 4.24. The third-order valence-electron chi connectivity index (χ3n) is 5.23. The first-order valence-corrected chi connectivity index (χ1v) is 13.1. The summed E-state index contributed by atoms with van der Waals surface area (Å²) in [5.41, 5.74) is 3.29. The highest BCUT2D eigenvalue weighted by atomic mass is 32.2. The number of hydrogen-bond acceptors (Lipinski definition) is 8. The van der Waals surface area contributed by atoms with E-state index >= 15 is 0 Å². The number of nitrogens with zero attached hydrogens (tertiary/aromatic N) is 2. The third kappa shape index (κ3) is 8.54. The number of nitrogens with one attached hydrogen (secondary N) is 2. The molecule has 0 unspecified atom stereocenters. The molecular weight excluding hydrogens is 488 g/mol. The van der Waals surface area contributed by atoms with Crippen LogP contribution in [0, 0.1) is 0 Å². The van der Waals surface area contributed by atoms with Gasteiger partial charge in [0, 0.05) is 19.2 Å². The summed E-state index contributed by atoms with van der Waals surface area (Å²) in [4.78, 5) is 24.2. The van der Waals surface area contributed by atoms with Crippen molar-refractivity contribution < 1.29 is 32.2 Å². The van der Waals surface area contributed by atoms with Gasteiger partial charge in [-0.25, -0.2) is 13.8 Å².